The van der Waals surface area contributed by atoms with Gasteiger partial charge in [0.25, 0.3) is 0 Å². The third kappa shape index (κ3) is 11.1. The zero-order valence-electron chi connectivity index (χ0n) is 9.54. The van der Waals surface area contributed by atoms with Gasteiger partial charge in [0.2, 0.25) is 0 Å². The second kappa shape index (κ2) is 13.2. The Hall–Kier alpha value is -0.780. The summed E-state index contributed by atoms with van der Waals surface area (Å²) in [6, 6.07) is 8.23. The molecule has 84 valence electrons. The number of hydrogen-bond donors (Lipinski definition) is 1. The van der Waals surface area contributed by atoms with E-state index in [1.54, 1.807) is 0 Å². The zero-order chi connectivity index (χ0) is 12.1. The number of nitrogens with two attached hydrogens (primary N) is 1. The fraction of sp³-hybridized carbons (Fsp3) is 0.385. The Bertz CT molecular complexity index is 238. The minimum atomic E-state index is 0.724. The number of rotatable bonds is 2. The predicted molar refractivity (Wildman–Crippen MR) is 72.8 cm³/mol. The predicted octanol–water partition coefficient (Wildman–Crippen LogP) is 3.62. The molecule has 0 saturated carbocycles. The molecule has 0 spiro atoms. The lowest BCUT2D eigenvalue weighted by molar-refractivity contribution is 0.968. The molecule has 0 bridgehead atoms. The van der Waals surface area contributed by atoms with Crippen LogP contribution in [0.15, 0.2) is 28.7 Å². The van der Waals surface area contributed by atoms with E-state index in [4.69, 9.17) is 5.73 Å². The molecule has 0 radical (unpaired) electrons. The van der Waals surface area contributed by atoms with Crippen LogP contribution in [0, 0.1) is 12.8 Å². The van der Waals surface area contributed by atoms with Gasteiger partial charge < -0.3 is 5.73 Å². The van der Waals surface area contributed by atoms with E-state index in [1.807, 2.05) is 12.1 Å². The largest absolute Gasteiger partial charge is 0.330 e. The highest BCUT2D eigenvalue weighted by Gasteiger charge is 1.89. The summed E-state index contributed by atoms with van der Waals surface area (Å²) >= 11 is 3.37. The first kappa shape index (κ1) is 16.6. The second-order valence-electron chi connectivity index (χ2n) is 2.87. The molecule has 0 aromatic heterocycles. The second-order valence-corrected chi connectivity index (χ2v) is 3.79. The maximum atomic E-state index is 5.39. The van der Waals surface area contributed by atoms with Gasteiger partial charge in [-0.1, -0.05) is 48.3 Å². The highest BCUT2D eigenvalue weighted by atomic mass is 79.9. The zero-order valence-corrected chi connectivity index (χ0v) is 11.1. The van der Waals surface area contributed by atoms with Crippen LogP contribution in [-0.2, 0) is 6.42 Å². The summed E-state index contributed by atoms with van der Waals surface area (Å²) < 4.78 is 1.12. The highest BCUT2D eigenvalue weighted by molar-refractivity contribution is 9.10. The maximum absolute atomic E-state index is 5.39. The van der Waals surface area contributed by atoms with Crippen molar-refractivity contribution in [3.63, 3.8) is 0 Å². The van der Waals surface area contributed by atoms with Gasteiger partial charge in [-0.2, -0.15) is 0 Å². The lowest BCUT2D eigenvalue weighted by Gasteiger charge is -1.96. The van der Waals surface area contributed by atoms with Gasteiger partial charge in [-0.05, 0) is 30.7 Å². The Kier molecular flexibility index (Phi) is 14.7. The van der Waals surface area contributed by atoms with Gasteiger partial charge in [-0.15, -0.1) is 12.8 Å². The SMILES string of the molecule is C#C.CCC.NCCc1ccc(Br)cc1. The van der Waals surface area contributed by atoms with Crippen LogP contribution in [-0.4, -0.2) is 6.54 Å². The number of halogens is 1. The third-order valence-corrected chi connectivity index (χ3v) is 1.87. The number of benzene rings is 1. The first-order chi connectivity index (χ1) is 7.24. The summed E-state index contributed by atoms with van der Waals surface area (Å²) in [6.45, 7) is 4.97. The van der Waals surface area contributed by atoms with Gasteiger partial charge in [0.05, 0.1) is 0 Å². The van der Waals surface area contributed by atoms with Crippen molar-refractivity contribution in [3.05, 3.63) is 34.3 Å². The smallest absolute Gasteiger partial charge is 0.0175 e. The van der Waals surface area contributed by atoms with E-state index in [-0.39, 0.29) is 0 Å². The molecule has 0 aliphatic rings. The van der Waals surface area contributed by atoms with Gasteiger partial charge in [0.15, 0.2) is 0 Å². The molecule has 0 fully saturated rings. The fourth-order valence-corrected chi connectivity index (χ4v) is 1.08. The van der Waals surface area contributed by atoms with Crippen molar-refractivity contribution >= 4 is 15.9 Å². The quantitative estimate of drug-likeness (QED) is 0.816. The molecule has 1 aromatic rings. The normalized spacial score (nSPS) is 7.87. The number of terminal acetylenes is 1. The summed E-state index contributed by atoms with van der Waals surface area (Å²) in [5.74, 6) is 0. The summed E-state index contributed by atoms with van der Waals surface area (Å²) in [5.41, 5.74) is 6.68. The Morgan fingerprint density at radius 2 is 1.53 bits per heavy atom. The van der Waals surface area contributed by atoms with Crippen LogP contribution in [0.1, 0.15) is 25.8 Å². The molecule has 2 N–H and O–H groups in total. The first-order valence-electron chi connectivity index (χ1n) is 5.02. The van der Waals surface area contributed by atoms with E-state index < -0.39 is 0 Å². The van der Waals surface area contributed by atoms with Crippen molar-refractivity contribution in [1.82, 2.24) is 0 Å². The number of hydrogen-bond acceptors (Lipinski definition) is 1. The standard InChI is InChI=1S/C8H10BrN.C3H8.C2H2/c9-8-3-1-7(2-4-8)5-6-10;1-3-2;1-2/h1-4H,5-6,10H2;3H2,1-2H3;1-2H. The lowest BCUT2D eigenvalue weighted by atomic mass is 10.2. The topological polar surface area (TPSA) is 26.0 Å². The average molecular weight is 270 g/mol. The van der Waals surface area contributed by atoms with Crippen molar-refractivity contribution in [1.29, 1.82) is 0 Å². The van der Waals surface area contributed by atoms with Crippen molar-refractivity contribution in [2.24, 2.45) is 5.73 Å². The van der Waals surface area contributed by atoms with Gasteiger partial charge in [-0.25, -0.2) is 0 Å². The molecule has 0 saturated heterocycles. The van der Waals surface area contributed by atoms with Gasteiger partial charge >= 0.3 is 0 Å². The van der Waals surface area contributed by atoms with Crippen LogP contribution in [0.4, 0.5) is 0 Å². The molecular formula is C13H20BrN. The van der Waals surface area contributed by atoms with E-state index >= 15 is 0 Å². The molecule has 1 aromatic carbocycles. The van der Waals surface area contributed by atoms with E-state index in [9.17, 15) is 0 Å². The molecule has 0 aliphatic heterocycles. The molecule has 2 heteroatoms. The van der Waals surface area contributed by atoms with Crippen LogP contribution >= 0.6 is 15.9 Å². The lowest BCUT2D eigenvalue weighted by Crippen LogP contribution is -2.01. The van der Waals surface area contributed by atoms with Crippen molar-refractivity contribution < 1.29 is 0 Å². The molecule has 0 aliphatic carbocycles. The Morgan fingerprint density at radius 3 is 1.87 bits per heavy atom. The highest BCUT2D eigenvalue weighted by Crippen LogP contribution is 2.10. The molecule has 0 unspecified atom stereocenters. The van der Waals surface area contributed by atoms with Crippen LogP contribution < -0.4 is 5.73 Å². The Labute approximate surface area is 102 Å². The van der Waals surface area contributed by atoms with Crippen molar-refractivity contribution in [2.75, 3.05) is 6.54 Å². The molecular weight excluding hydrogens is 250 g/mol. The molecule has 1 rings (SSSR count). The van der Waals surface area contributed by atoms with E-state index in [1.165, 1.54) is 12.0 Å². The summed E-state index contributed by atoms with van der Waals surface area (Å²) in [5, 5.41) is 0. The van der Waals surface area contributed by atoms with Crippen molar-refractivity contribution in [2.45, 2.75) is 26.7 Å². The molecule has 0 amide bonds. The van der Waals surface area contributed by atoms with E-state index in [2.05, 4.69) is 54.8 Å². The van der Waals surface area contributed by atoms with Gasteiger partial charge in [0.1, 0.15) is 0 Å². The van der Waals surface area contributed by atoms with Crippen LogP contribution in [0.25, 0.3) is 0 Å². The third-order valence-electron chi connectivity index (χ3n) is 1.35. The van der Waals surface area contributed by atoms with Crippen LogP contribution in [0.3, 0.4) is 0 Å². The molecule has 15 heavy (non-hydrogen) atoms. The fourth-order valence-electron chi connectivity index (χ4n) is 0.818. The van der Waals surface area contributed by atoms with Crippen molar-refractivity contribution in [3.8, 4) is 12.8 Å². The Morgan fingerprint density at radius 1 is 1.13 bits per heavy atom. The van der Waals surface area contributed by atoms with E-state index in [0.717, 1.165) is 17.4 Å². The first-order valence-corrected chi connectivity index (χ1v) is 5.81. The van der Waals surface area contributed by atoms with Gasteiger partial charge in [-0.3, -0.25) is 0 Å². The van der Waals surface area contributed by atoms with Crippen LogP contribution in [0.2, 0.25) is 0 Å². The minimum Gasteiger partial charge on any atom is -0.330 e. The molecule has 0 atom stereocenters. The van der Waals surface area contributed by atoms with Crippen LogP contribution in [0.5, 0.6) is 0 Å². The minimum absolute atomic E-state index is 0.724. The van der Waals surface area contributed by atoms with Gasteiger partial charge in [0, 0.05) is 4.47 Å². The molecule has 0 heterocycles. The summed E-state index contributed by atoms with van der Waals surface area (Å²) in [4.78, 5) is 0. The Balaban J connectivity index is 0. The van der Waals surface area contributed by atoms with E-state index in [0.29, 0.717) is 0 Å². The average Bonchev–Trinajstić information content (AvgIpc) is 2.26. The monoisotopic (exact) mass is 269 g/mol. The maximum Gasteiger partial charge on any atom is 0.0175 e. The molecule has 1 nitrogen and oxygen atoms in total. The summed E-state index contributed by atoms with van der Waals surface area (Å²) in [6.07, 6.45) is 10.2. The summed E-state index contributed by atoms with van der Waals surface area (Å²) in [7, 11) is 0.